The van der Waals surface area contributed by atoms with Gasteiger partial charge in [-0.2, -0.15) is 0 Å². The molecule has 0 atom stereocenters. The van der Waals surface area contributed by atoms with Crippen LogP contribution in [0.25, 0.3) is 0 Å². The third-order valence-electron chi connectivity index (χ3n) is 3.29. The molecule has 0 fully saturated rings. The van der Waals surface area contributed by atoms with Gasteiger partial charge in [0.25, 0.3) is 0 Å². The van der Waals surface area contributed by atoms with Gasteiger partial charge < -0.3 is 14.6 Å². The van der Waals surface area contributed by atoms with Gasteiger partial charge >= 0.3 is 5.97 Å². The normalized spacial score (nSPS) is 11.5. The highest BCUT2D eigenvalue weighted by Gasteiger charge is 2.17. The van der Waals surface area contributed by atoms with E-state index in [0.29, 0.717) is 11.1 Å². The summed E-state index contributed by atoms with van der Waals surface area (Å²) in [5, 5.41) is 9.76. The summed E-state index contributed by atoms with van der Waals surface area (Å²) in [6.07, 6.45) is 0. The predicted octanol–water partition coefficient (Wildman–Crippen LogP) is 2.43. The monoisotopic (exact) mass is 356 g/mol. The maximum Gasteiger partial charge on any atom is 0.333 e. The predicted molar refractivity (Wildman–Crippen MR) is 90.8 cm³/mol. The molecular weight excluding hydrogens is 332 g/mol. The lowest BCUT2D eigenvalue weighted by Gasteiger charge is -2.11. The number of benzene rings is 1. The van der Waals surface area contributed by atoms with Crippen molar-refractivity contribution in [3.8, 4) is 5.75 Å². The average Bonchev–Trinajstić information content (AvgIpc) is 2.50. The Balaban J connectivity index is 2.51. The molecule has 0 aliphatic heterocycles. The van der Waals surface area contributed by atoms with E-state index in [1.807, 2.05) is 13.8 Å². The summed E-state index contributed by atoms with van der Waals surface area (Å²) in [7, 11) is -3.51. The summed E-state index contributed by atoms with van der Waals surface area (Å²) in [6.45, 7) is 8.89. The quantitative estimate of drug-likeness (QED) is 0.415. The molecule has 1 aromatic carbocycles. The largest absolute Gasteiger partial charge is 0.508 e. The maximum atomic E-state index is 12.3. The van der Waals surface area contributed by atoms with Gasteiger partial charge in [-0.05, 0) is 36.6 Å². The maximum absolute atomic E-state index is 12.3. The molecule has 1 N–H and O–H groups in total. The van der Waals surface area contributed by atoms with Crippen LogP contribution in [0.1, 0.15) is 32.3 Å². The fourth-order valence-corrected chi connectivity index (χ4v) is 3.05. The second kappa shape index (κ2) is 8.84. The van der Waals surface area contributed by atoms with Gasteiger partial charge in [0, 0.05) is 5.57 Å². The van der Waals surface area contributed by atoms with Crippen molar-refractivity contribution in [2.75, 3.05) is 25.6 Å². The van der Waals surface area contributed by atoms with Gasteiger partial charge in [-0.3, -0.25) is 0 Å². The van der Waals surface area contributed by atoms with Crippen LogP contribution >= 0.6 is 0 Å². The van der Waals surface area contributed by atoms with Gasteiger partial charge in [0.1, 0.15) is 12.4 Å². The molecule has 0 aliphatic rings. The summed E-state index contributed by atoms with van der Waals surface area (Å²) in [5.41, 5.74) is 0.884. The highest BCUT2D eigenvalue weighted by atomic mass is 32.2. The van der Waals surface area contributed by atoms with Crippen molar-refractivity contribution < 1.29 is 27.8 Å². The van der Waals surface area contributed by atoms with Gasteiger partial charge in [0.15, 0.2) is 9.84 Å². The van der Waals surface area contributed by atoms with Crippen molar-refractivity contribution in [3.63, 3.8) is 0 Å². The first kappa shape index (κ1) is 20.2. The number of esters is 1. The molecule has 134 valence electrons. The van der Waals surface area contributed by atoms with Crippen LogP contribution in [0.5, 0.6) is 5.75 Å². The minimum absolute atomic E-state index is 0.00908. The Bertz CT molecular complexity index is 691. The molecule has 6 nitrogen and oxygen atoms in total. The van der Waals surface area contributed by atoms with E-state index in [1.54, 1.807) is 6.92 Å². The third-order valence-corrected chi connectivity index (χ3v) is 4.96. The van der Waals surface area contributed by atoms with Crippen LogP contribution in [0.4, 0.5) is 0 Å². The number of carbonyl (C=O) groups excluding carboxylic acids is 1. The average molecular weight is 356 g/mol. The molecule has 0 radical (unpaired) electrons. The smallest absolute Gasteiger partial charge is 0.333 e. The molecule has 7 heteroatoms. The van der Waals surface area contributed by atoms with Crippen LogP contribution in [0.2, 0.25) is 0 Å². The summed E-state index contributed by atoms with van der Waals surface area (Å²) >= 11 is 0. The van der Waals surface area contributed by atoms with Crippen molar-refractivity contribution in [1.82, 2.24) is 0 Å². The minimum atomic E-state index is -3.51. The number of ether oxygens (including phenoxy) is 2. The van der Waals surface area contributed by atoms with Crippen molar-refractivity contribution >= 4 is 15.8 Å². The molecule has 0 amide bonds. The molecule has 1 rings (SSSR count). The SMILES string of the molecule is C=C(C)C(=O)OCCOCCS(=O)(=O)c1ccc(O)c(C(C)C)c1. The second-order valence-corrected chi connectivity index (χ2v) is 7.83. The Labute approximate surface area is 143 Å². The van der Waals surface area contributed by atoms with E-state index in [9.17, 15) is 18.3 Å². The lowest BCUT2D eigenvalue weighted by molar-refractivity contribution is -0.140. The van der Waals surface area contributed by atoms with Crippen molar-refractivity contribution in [2.45, 2.75) is 31.6 Å². The molecule has 1 aromatic rings. The van der Waals surface area contributed by atoms with E-state index in [-0.39, 0.29) is 42.1 Å². The van der Waals surface area contributed by atoms with Gasteiger partial charge in [-0.1, -0.05) is 20.4 Å². The number of sulfone groups is 1. The van der Waals surface area contributed by atoms with Crippen molar-refractivity contribution in [3.05, 3.63) is 35.9 Å². The number of hydrogen-bond donors (Lipinski definition) is 1. The fraction of sp³-hybridized carbons (Fsp3) is 0.471. The van der Waals surface area contributed by atoms with Gasteiger partial charge in [0.05, 0.1) is 23.9 Å². The standard InChI is InChI=1S/C17H24O6S/c1-12(2)15-11-14(5-6-16(15)18)24(20,21)10-9-22-7-8-23-17(19)13(3)4/h5-6,11-12,18H,3,7-10H2,1-2,4H3. The summed E-state index contributed by atoms with van der Waals surface area (Å²) < 4.78 is 34.6. The minimum Gasteiger partial charge on any atom is -0.508 e. The Kier molecular flexibility index (Phi) is 7.44. The first-order valence-corrected chi connectivity index (χ1v) is 9.26. The van der Waals surface area contributed by atoms with Crippen LogP contribution in [0.15, 0.2) is 35.2 Å². The Morgan fingerprint density at radius 2 is 1.92 bits per heavy atom. The molecule has 0 aromatic heterocycles. The van der Waals surface area contributed by atoms with Crippen LogP contribution in [-0.4, -0.2) is 45.1 Å². The molecule has 0 saturated heterocycles. The van der Waals surface area contributed by atoms with E-state index in [1.165, 1.54) is 18.2 Å². The summed E-state index contributed by atoms with van der Waals surface area (Å²) in [6, 6.07) is 4.26. The molecule has 0 unspecified atom stereocenters. The molecule has 0 spiro atoms. The first-order chi connectivity index (χ1) is 11.1. The summed E-state index contributed by atoms with van der Waals surface area (Å²) in [5.74, 6) is -0.598. The van der Waals surface area contributed by atoms with Crippen LogP contribution in [0.3, 0.4) is 0 Å². The topological polar surface area (TPSA) is 89.9 Å². The van der Waals surface area contributed by atoms with Crippen molar-refractivity contribution in [1.29, 1.82) is 0 Å². The number of phenols is 1. The van der Waals surface area contributed by atoms with E-state index in [0.717, 1.165) is 0 Å². The van der Waals surface area contributed by atoms with Gasteiger partial charge in [-0.25, -0.2) is 13.2 Å². The summed E-state index contributed by atoms with van der Waals surface area (Å²) in [4.78, 5) is 11.3. The van der Waals surface area contributed by atoms with Crippen LogP contribution in [-0.2, 0) is 24.1 Å². The Morgan fingerprint density at radius 1 is 1.25 bits per heavy atom. The van der Waals surface area contributed by atoms with Gasteiger partial charge in [-0.15, -0.1) is 0 Å². The van der Waals surface area contributed by atoms with Crippen molar-refractivity contribution in [2.24, 2.45) is 0 Å². The number of rotatable bonds is 9. The Hall–Kier alpha value is -1.86. The highest BCUT2D eigenvalue weighted by Crippen LogP contribution is 2.28. The number of hydrogen-bond acceptors (Lipinski definition) is 6. The molecule has 0 aliphatic carbocycles. The third kappa shape index (κ3) is 5.98. The molecule has 24 heavy (non-hydrogen) atoms. The van der Waals surface area contributed by atoms with Crippen LogP contribution < -0.4 is 0 Å². The zero-order chi connectivity index (χ0) is 18.3. The number of carbonyl (C=O) groups is 1. The Morgan fingerprint density at radius 3 is 2.50 bits per heavy atom. The molecule has 0 saturated carbocycles. The zero-order valence-corrected chi connectivity index (χ0v) is 15.1. The highest BCUT2D eigenvalue weighted by molar-refractivity contribution is 7.91. The second-order valence-electron chi connectivity index (χ2n) is 5.72. The van der Waals surface area contributed by atoms with E-state index in [2.05, 4.69) is 6.58 Å². The lowest BCUT2D eigenvalue weighted by atomic mass is 10.0. The van der Waals surface area contributed by atoms with E-state index in [4.69, 9.17) is 9.47 Å². The zero-order valence-electron chi connectivity index (χ0n) is 14.2. The van der Waals surface area contributed by atoms with E-state index < -0.39 is 15.8 Å². The lowest BCUT2D eigenvalue weighted by Crippen LogP contribution is -2.16. The number of aromatic hydroxyl groups is 1. The first-order valence-electron chi connectivity index (χ1n) is 7.61. The van der Waals surface area contributed by atoms with E-state index >= 15 is 0 Å². The van der Waals surface area contributed by atoms with Gasteiger partial charge in [0.2, 0.25) is 0 Å². The molecule has 0 bridgehead atoms. The number of phenolic OH excluding ortho intramolecular Hbond substituents is 1. The molecular formula is C17H24O6S. The fourth-order valence-electron chi connectivity index (χ4n) is 1.89. The van der Waals surface area contributed by atoms with Crippen LogP contribution in [0, 0.1) is 0 Å². The molecule has 0 heterocycles.